The van der Waals surface area contributed by atoms with E-state index in [0.29, 0.717) is 49.1 Å². The van der Waals surface area contributed by atoms with E-state index in [-0.39, 0.29) is 18.4 Å². The van der Waals surface area contributed by atoms with Crippen LogP contribution >= 0.6 is 0 Å². The maximum absolute atomic E-state index is 12.7. The second-order valence-corrected chi connectivity index (χ2v) is 6.01. The summed E-state index contributed by atoms with van der Waals surface area (Å²) >= 11 is 0. The van der Waals surface area contributed by atoms with Gasteiger partial charge in [-0.2, -0.15) is 0 Å². The van der Waals surface area contributed by atoms with E-state index in [9.17, 15) is 14.4 Å². The molecule has 1 aromatic rings. The smallest absolute Gasteiger partial charge is 0.242 e. The summed E-state index contributed by atoms with van der Waals surface area (Å²) < 4.78 is 15.9. The summed E-state index contributed by atoms with van der Waals surface area (Å²) in [5.74, 6) is 0.715. The molecule has 9 heteroatoms. The minimum absolute atomic E-state index is 0.116. The van der Waals surface area contributed by atoms with Gasteiger partial charge in [-0.3, -0.25) is 14.4 Å². The zero-order valence-corrected chi connectivity index (χ0v) is 16.1. The molecule has 1 heterocycles. The first-order valence-electron chi connectivity index (χ1n) is 8.50. The first kappa shape index (κ1) is 20.3. The number of carbonyl (C=O) groups excluding carboxylic acids is 3. The summed E-state index contributed by atoms with van der Waals surface area (Å²) in [6.07, 6.45) is 0.777. The molecule has 2 rings (SSSR count). The van der Waals surface area contributed by atoms with Gasteiger partial charge >= 0.3 is 0 Å². The molecular weight excluding hydrogens is 354 g/mol. The number of methoxy groups -OCH3 is 3. The average molecular weight is 379 g/mol. The maximum atomic E-state index is 12.7. The number of rotatable bonds is 7. The number of benzene rings is 1. The van der Waals surface area contributed by atoms with E-state index >= 15 is 0 Å². The normalized spacial score (nSPS) is 13.8. The second-order valence-electron chi connectivity index (χ2n) is 6.01. The largest absolute Gasteiger partial charge is 0.493 e. The molecule has 0 aromatic heterocycles. The minimum Gasteiger partial charge on any atom is -0.493 e. The number of carbonyl (C=O) groups is 3. The summed E-state index contributed by atoms with van der Waals surface area (Å²) in [7, 11) is 4.46. The van der Waals surface area contributed by atoms with E-state index in [4.69, 9.17) is 14.2 Å². The molecule has 148 valence electrons. The molecule has 1 fully saturated rings. The van der Waals surface area contributed by atoms with E-state index < -0.39 is 0 Å². The summed E-state index contributed by atoms with van der Waals surface area (Å²) in [6, 6.07) is 3.25. The molecule has 0 aliphatic carbocycles. The highest BCUT2D eigenvalue weighted by atomic mass is 16.5. The van der Waals surface area contributed by atoms with Crippen LogP contribution in [0.5, 0.6) is 17.2 Å². The number of piperazine rings is 1. The van der Waals surface area contributed by atoms with Crippen molar-refractivity contribution in [1.29, 1.82) is 0 Å². The third-order valence-corrected chi connectivity index (χ3v) is 4.45. The van der Waals surface area contributed by atoms with Gasteiger partial charge in [0.2, 0.25) is 24.0 Å². The Morgan fingerprint density at radius 1 is 1.04 bits per heavy atom. The zero-order chi connectivity index (χ0) is 20.0. The Morgan fingerprint density at radius 2 is 1.59 bits per heavy atom. The lowest BCUT2D eigenvalue weighted by Gasteiger charge is -2.34. The molecule has 0 spiro atoms. The van der Waals surface area contributed by atoms with Gasteiger partial charge in [-0.1, -0.05) is 0 Å². The van der Waals surface area contributed by atoms with Crippen LogP contribution in [0.1, 0.15) is 6.92 Å². The molecule has 27 heavy (non-hydrogen) atoms. The van der Waals surface area contributed by atoms with Gasteiger partial charge in [0.25, 0.3) is 0 Å². The fourth-order valence-electron chi connectivity index (χ4n) is 2.92. The van der Waals surface area contributed by atoms with Crippen molar-refractivity contribution >= 4 is 23.9 Å². The van der Waals surface area contributed by atoms with Gasteiger partial charge in [0, 0.05) is 45.2 Å². The number of nitrogens with zero attached hydrogens (tertiary/aromatic N) is 3. The van der Waals surface area contributed by atoms with Gasteiger partial charge in [0.1, 0.15) is 6.54 Å². The molecule has 1 saturated heterocycles. The lowest BCUT2D eigenvalue weighted by molar-refractivity contribution is -0.134. The van der Waals surface area contributed by atoms with Crippen LogP contribution in [-0.2, 0) is 14.4 Å². The van der Waals surface area contributed by atoms with Crippen LogP contribution < -0.4 is 19.1 Å². The number of anilines is 1. The van der Waals surface area contributed by atoms with Gasteiger partial charge in [0.15, 0.2) is 11.5 Å². The summed E-state index contributed by atoms with van der Waals surface area (Å²) in [5.41, 5.74) is 0.469. The van der Waals surface area contributed by atoms with Crippen LogP contribution in [0, 0.1) is 0 Å². The van der Waals surface area contributed by atoms with Crippen molar-refractivity contribution in [1.82, 2.24) is 9.80 Å². The minimum atomic E-state index is -0.288. The molecule has 0 N–H and O–H groups in total. The van der Waals surface area contributed by atoms with Crippen molar-refractivity contribution in [3.8, 4) is 17.2 Å². The number of amides is 3. The second kappa shape index (κ2) is 9.11. The molecule has 1 aromatic carbocycles. The molecule has 0 unspecified atom stereocenters. The standard InChI is InChI=1S/C18H25N3O6/c1-13(23)21(11-17(24)20-7-5-19(12-22)6-8-20)14-9-15(25-2)18(27-4)16(10-14)26-3/h9-10,12H,5-8,11H2,1-4H3. The Balaban J connectivity index is 2.23. The fraction of sp³-hybridized carbons (Fsp3) is 0.500. The van der Waals surface area contributed by atoms with E-state index in [2.05, 4.69) is 0 Å². The quantitative estimate of drug-likeness (QED) is 0.636. The third kappa shape index (κ3) is 4.60. The highest BCUT2D eigenvalue weighted by Gasteiger charge is 2.25. The molecular formula is C18H25N3O6. The summed E-state index contributed by atoms with van der Waals surface area (Å²) in [5, 5.41) is 0. The van der Waals surface area contributed by atoms with Crippen molar-refractivity contribution < 1.29 is 28.6 Å². The fourth-order valence-corrected chi connectivity index (χ4v) is 2.92. The predicted octanol–water partition coefficient (Wildman–Crippen LogP) is 0.366. The van der Waals surface area contributed by atoms with Gasteiger partial charge < -0.3 is 28.9 Å². The van der Waals surface area contributed by atoms with Crippen LogP contribution in [-0.4, -0.2) is 82.1 Å². The molecule has 0 radical (unpaired) electrons. The Morgan fingerprint density at radius 3 is 2.00 bits per heavy atom. The predicted molar refractivity (Wildman–Crippen MR) is 98.3 cm³/mol. The first-order valence-corrected chi connectivity index (χ1v) is 8.50. The number of hydrogen-bond acceptors (Lipinski definition) is 6. The molecule has 0 saturated carbocycles. The van der Waals surface area contributed by atoms with Crippen molar-refractivity contribution in [3.63, 3.8) is 0 Å². The molecule has 1 aliphatic rings. The maximum Gasteiger partial charge on any atom is 0.242 e. The van der Waals surface area contributed by atoms with E-state index in [0.717, 1.165) is 6.41 Å². The van der Waals surface area contributed by atoms with Crippen molar-refractivity contribution in [2.75, 3.05) is 59.0 Å². The Labute approximate surface area is 158 Å². The highest BCUT2D eigenvalue weighted by molar-refractivity contribution is 5.98. The zero-order valence-electron chi connectivity index (χ0n) is 16.1. The van der Waals surface area contributed by atoms with Gasteiger partial charge in [-0.05, 0) is 0 Å². The van der Waals surface area contributed by atoms with Gasteiger partial charge in [0.05, 0.1) is 27.0 Å². The van der Waals surface area contributed by atoms with E-state index in [1.54, 1.807) is 21.9 Å². The summed E-state index contributed by atoms with van der Waals surface area (Å²) in [4.78, 5) is 40.3. The Kier molecular flexibility index (Phi) is 6.86. The van der Waals surface area contributed by atoms with Crippen LogP contribution in [0.15, 0.2) is 12.1 Å². The lowest BCUT2D eigenvalue weighted by Crippen LogP contribution is -2.51. The molecule has 1 aliphatic heterocycles. The van der Waals surface area contributed by atoms with Crippen molar-refractivity contribution in [2.45, 2.75) is 6.92 Å². The van der Waals surface area contributed by atoms with Crippen LogP contribution in [0.25, 0.3) is 0 Å². The molecule has 3 amide bonds. The average Bonchev–Trinajstić information content (AvgIpc) is 2.70. The monoisotopic (exact) mass is 379 g/mol. The third-order valence-electron chi connectivity index (χ3n) is 4.45. The summed E-state index contributed by atoms with van der Waals surface area (Å²) in [6.45, 7) is 3.13. The van der Waals surface area contributed by atoms with Crippen molar-refractivity contribution in [3.05, 3.63) is 12.1 Å². The Bertz CT molecular complexity index is 675. The van der Waals surface area contributed by atoms with Crippen molar-refractivity contribution in [2.24, 2.45) is 0 Å². The lowest BCUT2D eigenvalue weighted by atomic mass is 10.2. The van der Waals surface area contributed by atoms with Crippen LogP contribution in [0.2, 0.25) is 0 Å². The van der Waals surface area contributed by atoms with Crippen LogP contribution in [0.3, 0.4) is 0 Å². The topological polar surface area (TPSA) is 88.6 Å². The van der Waals surface area contributed by atoms with Gasteiger partial charge in [-0.15, -0.1) is 0 Å². The number of hydrogen-bond donors (Lipinski definition) is 0. The van der Waals surface area contributed by atoms with Crippen LogP contribution in [0.4, 0.5) is 5.69 Å². The highest BCUT2D eigenvalue weighted by Crippen LogP contribution is 2.41. The molecule has 9 nitrogen and oxygen atoms in total. The first-order chi connectivity index (χ1) is 12.9. The molecule has 0 bridgehead atoms. The SMILES string of the molecule is COc1cc(N(CC(=O)N2CCN(C=O)CC2)C(C)=O)cc(OC)c1OC. The Hall–Kier alpha value is -2.97. The molecule has 0 atom stereocenters. The van der Waals surface area contributed by atoms with E-state index in [1.807, 2.05) is 0 Å². The van der Waals surface area contributed by atoms with Gasteiger partial charge in [-0.25, -0.2) is 0 Å². The number of ether oxygens (including phenoxy) is 3. The van der Waals surface area contributed by atoms with E-state index in [1.165, 1.54) is 33.2 Å².